The fraction of sp³-hybridized carbons (Fsp3) is 0.688. The minimum absolute atomic E-state index is 0.549. The molecule has 0 spiro atoms. The van der Waals surface area contributed by atoms with Gasteiger partial charge in [-0.3, -0.25) is 4.98 Å². The Morgan fingerprint density at radius 2 is 2.21 bits per heavy atom. The number of nitrogens with one attached hydrogen (secondary N) is 1. The predicted octanol–water partition coefficient (Wildman–Crippen LogP) is 3.21. The van der Waals surface area contributed by atoms with E-state index < -0.39 is 0 Å². The van der Waals surface area contributed by atoms with Crippen LogP contribution in [-0.4, -0.2) is 24.1 Å². The summed E-state index contributed by atoms with van der Waals surface area (Å²) in [4.78, 5) is 6.84. The summed E-state index contributed by atoms with van der Waals surface area (Å²) in [5.74, 6) is 0.909. The summed E-state index contributed by atoms with van der Waals surface area (Å²) < 4.78 is 0. The van der Waals surface area contributed by atoms with Gasteiger partial charge < -0.3 is 10.2 Å². The van der Waals surface area contributed by atoms with E-state index in [0.29, 0.717) is 6.04 Å². The quantitative estimate of drug-likeness (QED) is 0.728. The molecule has 1 aromatic heterocycles. The largest absolute Gasteiger partial charge is 0.368 e. The molecule has 1 heterocycles. The molecule has 0 radical (unpaired) electrons. The Kier molecular flexibility index (Phi) is 5.20. The molecule has 0 atom stereocenters. The van der Waals surface area contributed by atoms with Gasteiger partial charge in [0.1, 0.15) is 0 Å². The van der Waals surface area contributed by atoms with Crippen LogP contribution in [0.1, 0.15) is 45.6 Å². The van der Waals surface area contributed by atoms with Crippen LogP contribution in [0.15, 0.2) is 18.5 Å². The van der Waals surface area contributed by atoms with Gasteiger partial charge in [-0.25, -0.2) is 0 Å². The van der Waals surface area contributed by atoms with Gasteiger partial charge in [-0.05, 0) is 51.6 Å². The molecule has 1 N–H and O–H groups in total. The molecule has 0 aliphatic heterocycles. The average molecular weight is 261 g/mol. The molecule has 3 nitrogen and oxygen atoms in total. The zero-order valence-corrected chi connectivity index (χ0v) is 12.5. The fourth-order valence-electron chi connectivity index (χ4n) is 2.40. The Morgan fingerprint density at radius 1 is 1.42 bits per heavy atom. The molecule has 0 bridgehead atoms. The van der Waals surface area contributed by atoms with E-state index >= 15 is 0 Å². The van der Waals surface area contributed by atoms with Crippen molar-refractivity contribution in [1.29, 1.82) is 0 Å². The zero-order chi connectivity index (χ0) is 13.7. The first kappa shape index (κ1) is 14.3. The lowest BCUT2D eigenvalue weighted by Gasteiger charge is -2.31. The van der Waals surface area contributed by atoms with E-state index in [2.05, 4.69) is 42.0 Å². The first-order chi connectivity index (χ1) is 9.22. The van der Waals surface area contributed by atoms with Crippen LogP contribution in [0.4, 0.5) is 5.69 Å². The minimum atomic E-state index is 0.549. The Morgan fingerprint density at radius 3 is 2.84 bits per heavy atom. The number of anilines is 1. The lowest BCUT2D eigenvalue weighted by molar-refractivity contribution is 0.630. The summed E-state index contributed by atoms with van der Waals surface area (Å²) in [6, 6.07) is 2.72. The molecule has 19 heavy (non-hydrogen) atoms. The van der Waals surface area contributed by atoms with Crippen LogP contribution in [0.2, 0.25) is 0 Å². The number of hydrogen-bond acceptors (Lipinski definition) is 3. The van der Waals surface area contributed by atoms with Crippen LogP contribution in [0.3, 0.4) is 0 Å². The number of nitrogens with zero attached hydrogens (tertiary/aromatic N) is 2. The molecule has 106 valence electrons. The van der Waals surface area contributed by atoms with Crippen LogP contribution < -0.4 is 10.2 Å². The van der Waals surface area contributed by atoms with Gasteiger partial charge in [0, 0.05) is 42.8 Å². The molecule has 1 aliphatic carbocycles. The van der Waals surface area contributed by atoms with E-state index in [4.69, 9.17) is 0 Å². The topological polar surface area (TPSA) is 28.2 Å². The van der Waals surface area contributed by atoms with Crippen molar-refractivity contribution in [2.45, 2.75) is 52.6 Å². The van der Waals surface area contributed by atoms with E-state index in [1.54, 1.807) is 0 Å². The normalized spacial score (nSPS) is 14.9. The maximum absolute atomic E-state index is 4.29. The third-order valence-corrected chi connectivity index (χ3v) is 3.70. The smallest absolute Gasteiger partial charge is 0.0445 e. The van der Waals surface area contributed by atoms with Gasteiger partial charge >= 0.3 is 0 Å². The second-order valence-electron chi connectivity index (χ2n) is 5.87. The molecule has 0 saturated heterocycles. The van der Waals surface area contributed by atoms with Crippen molar-refractivity contribution in [3.8, 4) is 0 Å². The molecule has 1 fully saturated rings. The maximum Gasteiger partial charge on any atom is 0.0445 e. The van der Waals surface area contributed by atoms with Crippen LogP contribution in [0.25, 0.3) is 0 Å². The summed E-state index contributed by atoms with van der Waals surface area (Å²) >= 11 is 0. The summed E-state index contributed by atoms with van der Waals surface area (Å²) in [7, 11) is 0. The van der Waals surface area contributed by atoms with Crippen molar-refractivity contribution < 1.29 is 0 Å². The maximum atomic E-state index is 4.29. The standard InChI is InChI=1S/C16H27N3/c1-4-8-17-10-15-11-18-9-7-16(15)19(13(2)3)12-14-5-6-14/h7,9,11,13-14,17H,4-6,8,10,12H2,1-3H3. The van der Waals surface area contributed by atoms with Gasteiger partial charge in [0.15, 0.2) is 0 Å². The van der Waals surface area contributed by atoms with Crippen LogP contribution in [0.5, 0.6) is 0 Å². The van der Waals surface area contributed by atoms with E-state index in [9.17, 15) is 0 Å². The molecular weight excluding hydrogens is 234 g/mol. The molecule has 0 amide bonds. The van der Waals surface area contributed by atoms with Gasteiger partial charge in [-0.1, -0.05) is 6.92 Å². The van der Waals surface area contributed by atoms with E-state index in [0.717, 1.165) is 19.0 Å². The Labute approximate surface area is 117 Å². The predicted molar refractivity (Wildman–Crippen MR) is 81.4 cm³/mol. The molecule has 2 rings (SSSR count). The van der Waals surface area contributed by atoms with Gasteiger partial charge in [-0.15, -0.1) is 0 Å². The molecule has 3 heteroatoms. The average Bonchev–Trinajstić information content (AvgIpc) is 3.21. The Bertz CT molecular complexity index is 385. The first-order valence-electron chi connectivity index (χ1n) is 7.62. The van der Waals surface area contributed by atoms with Gasteiger partial charge in [0.25, 0.3) is 0 Å². The molecule has 0 unspecified atom stereocenters. The molecule has 1 saturated carbocycles. The highest BCUT2D eigenvalue weighted by Crippen LogP contribution is 2.33. The summed E-state index contributed by atoms with van der Waals surface area (Å²) in [6.45, 7) is 9.95. The summed E-state index contributed by atoms with van der Waals surface area (Å²) in [5.41, 5.74) is 2.69. The van der Waals surface area contributed by atoms with Crippen LogP contribution >= 0.6 is 0 Å². The van der Waals surface area contributed by atoms with E-state index in [-0.39, 0.29) is 0 Å². The van der Waals surface area contributed by atoms with Gasteiger partial charge in [-0.2, -0.15) is 0 Å². The van der Waals surface area contributed by atoms with Crippen molar-refractivity contribution in [2.24, 2.45) is 5.92 Å². The van der Waals surface area contributed by atoms with Crippen molar-refractivity contribution in [2.75, 3.05) is 18.0 Å². The molecular formula is C16H27N3. The zero-order valence-electron chi connectivity index (χ0n) is 12.5. The van der Waals surface area contributed by atoms with Crippen molar-refractivity contribution in [3.05, 3.63) is 24.0 Å². The number of hydrogen-bond donors (Lipinski definition) is 1. The van der Waals surface area contributed by atoms with E-state index in [1.165, 1.54) is 37.1 Å². The monoisotopic (exact) mass is 261 g/mol. The van der Waals surface area contributed by atoms with Crippen LogP contribution in [-0.2, 0) is 6.54 Å². The Hall–Kier alpha value is -1.09. The highest BCUT2D eigenvalue weighted by Gasteiger charge is 2.26. The highest BCUT2D eigenvalue weighted by atomic mass is 15.2. The summed E-state index contributed by atoms with van der Waals surface area (Å²) in [5, 5.41) is 3.49. The molecule has 0 aromatic carbocycles. The first-order valence-corrected chi connectivity index (χ1v) is 7.62. The second-order valence-corrected chi connectivity index (χ2v) is 5.87. The van der Waals surface area contributed by atoms with Crippen molar-refractivity contribution in [1.82, 2.24) is 10.3 Å². The van der Waals surface area contributed by atoms with Crippen LogP contribution in [0, 0.1) is 5.92 Å². The highest BCUT2D eigenvalue weighted by molar-refractivity contribution is 5.53. The van der Waals surface area contributed by atoms with Crippen molar-refractivity contribution in [3.63, 3.8) is 0 Å². The fourth-order valence-corrected chi connectivity index (χ4v) is 2.40. The van der Waals surface area contributed by atoms with Gasteiger partial charge in [0.05, 0.1) is 0 Å². The Balaban J connectivity index is 2.10. The van der Waals surface area contributed by atoms with E-state index in [1.807, 2.05) is 12.4 Å². The number of rotatable bonds is 8. The summed E-state index contributed by atoms with van der Waals surface area (Å²) in [6.07, 6.45) is 7.90. The third-order valence-electron chi connectivity index (χ3n) is 3.70. The number of pyridine rings is 1. The second kappa shape index (κ2) is 6.90. The van der Waals surface area contributed by atoms with Crippen molar-refractivity contribution >= 4 is 5.69 Å². The SMILES string of the molecule is CCCNCc1cnccc1N(CC1CC1)C(C)C. The minimum Gasteiger partial charge on any atom is -0.368 e. The molecule has 1 aromatic rings. The van der Waals surface area contributed by atoms with Gasteiger partial charge in [0.2, 0.25) is 0 Å². The number of aromatic nitrogens is 1. The lowest BCUT2D eigenvalue weighted by atomic mass is 10.1. The molecule has 1 aliphatic rings. The third kappa shape index (κ3) is 4.20. The lowest BCUT2D eigenvalue weighted by Crippen LogP contribution is -2.34.